The van der Waals surface area contributed by atoms with Gasteiger partial charge in [0.05, 0.1) is 0 Å². The fourth-order valence-electron chi connectivity index (χ4n) is 2.36. The van der Waals surface area contributed by atoms with Crippen molar-refractivity contribution in [3.05, 3.63) is 17.5 Å². The van der Waals surface area contributed by atoms with Crippen LogP contribution in [-0.2, 0) is 14.8 Å². The van der Waals surface area contributed by atoms with E-state index < -0.39 is 16.1 Å². The minimum absolute atomic E-state index is 0.202. The highest BCUT2D eigenvalue weighted by Gasteiger charge is 2.39. The maximum absolute atomic E-state index is 12.6. The minimum atomic E-state index is -3.56. The summed E-state index contributed by atoms with van der Waals surface area (Å²) in [6.45, 7) is 2.92. The number of likely N-dealkylation sites (N-methyl/N-ethyl adjacent to an activating group) is 1. The van der Waals surface area contributed by atoms with E-state index in [2.05, 4.69) is 5.32 Å². The van der Waals surface area contributed by atoms with Gasteiger partial charge in [-0.3, -0.25) is 4.79 Å². The number of hydrogen-bond donors (Lipinski definition) is 1. The van der Waals surface area contributed by atoms with E-state index in [4.69, 9.17) is 0 Å². The van der Waals surface area contributed by atoms with Crippen molar-refractivity contribution in [3.63, 3.8) is 0 Å². The van der Waals surface area contributed by atoms with Gasteiger partial charge >= 0.3 is 0 Å². The van der Waals surface area contributed by atoms with Crippen LogP contribution >= 0.6 is 11.3 Å². The lowest BCUT2D eigenvalue weighted by Crippen LogP contribution is -2.48. The molecule has 124 valence electrons. The number of carbonyl (C=O) groups is 1. The summed E-state index contributed by atoms with van der Waals surface area (Å²) in [7, 11) is 0.325. The van der Waals surface area contributed by atoms with Gasteiger partial charge < -0.3 is 10.2 Å². The lowest BCUT2D eigenvalue weighted by Gasteiger charge is -2.25. The third kappa shape index (κ3) is 3.68. The van der Waals surface area contributed by atoms with Gasteiger partial charge in [0, 0.05) is 19.1 Å². The molecule has 0 aliphatic carbocycles. The maximum atomic E-state index is 12.6. The van der Waals surface area contributed by atoms with Crippen molar-refractivity contribution in [3.8, 4) is 0 Å². The Morgan fingerprint density at radius 2 is 2.27 bits per heavy atom. The molecule has 2 rings (SSSR count). The van der Waals surface area contributed by atoms with Crippen molar-refractivity contribution in [1.82, 2.24) is 14.5 Å². The van der Waals surface area contributed by atoms with Crippen molar-refractivity contribution in [1.29, 1.82) is 0 Å². The fraction of sp³-hybridized carbons (Fsp3) is 0.643. The normalized spacial score (nSPS) is 21.2. The molecule has 0 saturated carbocycles. The zero-order valence-corrected chi connectivity index (χ0v) is 14.8. The molecule has 1 aromatic rings. The summed E-state index contributed by atoms with van der Waals surface area (Å²) in [5, 5.41) is 4.60. The zero-order valence-electron chi connectivity index (χ0n) is 13.2. The molecule has 0 bridgehead atoms. The van der Waals surface area contributed by atoms with E-state index in [1.54, 1.807) is 17.5 Å². The van der Waals surface area contributed by atoms with Gasteiger partial charge in [0.1, 0.15) is 10.3 Å². The Kier molecular flexibility index (Phi) is 5.60. The van der Waals surface area contributed by atoms with E-state index in [0.29, 0.717) is 30.1 Å². The summed E-state index contributed by atoms with van der Waals surface area (Å²) < 4.78 is 26.9. The monoisotopic (exact) mass is 345 g/mol. The third-order valence-electron chi connectivity index (χ3n) is 4.02. The highest BCUT2D eigenvalue weighted by atomic mass is 32.2. The molecule has 1 saturated heterocycles. The highest BCUT2D eigenvalue weighted by molar-refractivity contribution is 7.91. The Morgan fingerprint density at radius 3 is 2.86 bits per heavy atom. The largest absolute Gasteiger partial charge is 0.353 e. The topological polar surface area (TPSA) is 69.7 Å². The van der Waals surface area contributed by atoms with Crippen molar-refractivity contribution in [2.45, 2.75) is 36.1 Å². The molecule has 1 amide bonds. The summed E-state index contributed by atoms with van der Waals surface area (Å²) in [4.78, 5) is 14.4. The first-order valence-corrected chi connectivity index (χ1v) is 9.65. The molecule has 2 heterocycles. The smallest absolute Gasteiger partial charge is 0.253 e. The van der Waals surface area contributed by atoms with Gasteiger partial charge in [-0.25, -0.2) is 8.42 Å². The van der Waals surface area contributed by atoms with Crippen molar-refractivity contribution < 1.29 is 13.2 Å². The molecular weight excluding hydrogens is 322 g/mol. The highest BCUT2D eigenvalue weighted by Crippen LogP contribution is 2.28. The van der Waals surface area contributed by atoms with Crippen LogP contribution in [0.1, 0.15) is 19.8 Å². The molecule has 1 aromatic heterocycles. The van der Waals surface area contributed by atoms with E-state index in [1.807, 2.05) is 25.9 Å². The molecule has 1 aliphatic heterocycles. The summed E-state index contributed by atoms with van der Waals surface area (Å²) >= 11 is 1.18. The van der Waals surface area contributed by atoms with Gasteiger partial charge in [0.25, 0.3) is 10.0 Å². The summed E-state index contributed by atoms with van der Waals surface area (Å²) in [6.07, 6.45) is 1.29. The van der Waals surface area contributed by atoms with Crippen LogP contribution < -0.4 is 5.32 Å². The second-order valence-corrected chi connectivity index (χ2v) is 8.83. The molecule has 0 aromatic carbocycles. The van der Waals surface area contributed by atoms with Crippen LogP contribution in [0.2, 0.25) is 0 Å². The Bertz CT molecular complexity index is 599. The SMILES string of the molecule is C[C@@H](CNC(=O)[C@@H]1CCCN1S(=O)(=O)c1cccs1)N(C)C. The zero-order chi connectivity index (χ0) is 16.3. The first-order valence-electron chi connectivity index (χ1n) is 7.33. The number of nitrogens with zero attached hydrogens (tertiary/aromatic N) is 2. The van der Waals surface area contributed by atoms with Gasteiger partial charge in [0.15, 0.2) is 0 Å². The molecule has 2 atom stereocenters. The first kappa shape index (κ1) is 17.4. The van der Waals surface area contributed by atoms with E-state index in [0.717, 1.165) is 0 Å². The number of rotatable bonds is 6. The number of nitrogens with one attached hydrogen (secondary N) is 1. The van der Waals surface area contributed by atoms with Gasteiger partial charge in [-0.05, 0) is 45.3 Å². The van der Waals surface area contributed by atoms with Crippen LogP contribution in [-0.4, -0.2) is 62.8 Å². The van der Waals surface area contributed by atoms with Crippen molar-refractivity contribution in [2.24, 2.45) is 0 Å². The molecule has 0 unspecified atom stereocenters. The van der Waals surface area contributed by atoms with Crippen LogP contribution in [0.4, 0.5) is 0 Å². The molecule has 0 radical (unpaired) electrons. The van der Waals surface area contributed by atoms with Crippen LogP contribution in [0.3, 0.4) is 0 Å². The molecular formula is C14H23N3O3S2. The molecule has 6 nitrogen and oxygen atoms in total. The average Bonchev–Trinajstić information content (AvgIpc) is 3.14. The van der Waals surface area contributed by atoms with E-state index in [9.17, 15) is 13.2 Å². The van der Waals surface area contributed by atoms with Crippen LogP contribution in [0.25, 0.3) is 0 Å². The van der Waals surface area contributed by atoms with Crippen molar-refractivity contribution in [2.75, 3.05) is 27.2 Å². The van der Waals surface area contributed by atoms with E-state index >= 15 is 0 Å². The molecule has 8 heteroatoms. The van der Waals surface area contributed by atoms with Crippen molar-refractivity contribution >= 4 is 27.3 Å². The molecule has 1 aliphatic rings. The molecule has 1 N–H and O–H groups in total. The van der Waals surface area contributed by atoms with Gasteiger partial charge in [-0.15, -0.1) is 11.3 Å². The second-order valence-electron chi connectivity index (χ2n) is 5.76. The Balaban J connectivity index is 2.06. The average molecular weight is 345 g/mol. The summed E-state index contributed by atoms with van der Waals surface area (Å²) in [5.41, 5.74) is 0. The Hall–Kier alpha value is -0.960. The number of sulfonamides is 1. The number of carbonyl (C=O) groups excluding carboxylic acids is 1. The van der Waals surface area contributed by atoms with Gasteiger partial charge in [-0.1, -0.05) is 6.07 Å². The summed E-state index contributed by atoms with van der Waals surface area (Å²) in [5.74, 6) is -0.202. The number of amides is 1. The maximum Gasteiger partial charge on any atom is 0.253 e. The standard InChI is InChI=1S/C14H23N3O3S2/c1-11(16(2)3)10-15-14(18)12-6-4-8-17(12)22(19,20)13-7-5-9-21-13/h5,7,9,11-12H,4,6,8,10H2,1-3H3,(H,15,18)/t11-,12-/m0/s1. The molecule has 22 heavy (non-hydrogen) atoms. The van der Waals surface area contributed by atoms with Gasteiger partial charge in [-0.2, -0.15) is 4.31 Å². The number of hydrogen-bond acceptors (Lipinski definition) is 5. The fourth-order valence-corrected chi connectivity index (χ4v) is 5.14. The Morgan fingerprint density at radius 1 is 1.55 bits per heavy atom. The predicted octanol–water partition coefficient (Wildman–Crippen LogP) is 0.968. The minimum Gasteiger partial charge on any atom is -0.353 e. The van der Waals surface area contributed by atoms with Crippen LogP contribution in [0, 0.1) is 0 Å². The quantitative estimate of drug-likeness (QED) is 0.834. The number of thiophene rings is 1. The van der Waals surface area contributed by atoms with E-state index in [1.165, 1.54) is 15.6 Å². The van der Waals surface area contributed by atoms with Crippen LogP contribution in [0.15, 0.2) is 21.7 Å². The van der Waals surface area contributed by atoms with E-state index in [-0.39, 0.29) is 11.9 Å². The third-order valence-corrected chi connectivity index (χ3v) is 7.30. The molecule has 0 spiro atoms. The predicted molar refractivity (Wildman–Crippen MR) is 87.4 cm³/mol. The molecule has 1 fully saturated rings. The lowest BCUT2D eigenvalue weighted by molar-refractivity contribution is -0.124. The second kappa shape index (κ2) is 7.08. The van der Waals surface area contributed by atoms with Gasteiger partial charge in [0.2, 0.25) is 5.91 Å². The Labute approximate surface area is 136 Å². The lowest BCUT2D eigenvalue weighted by atomic mass is 10.2. The first-order chi connectivity index (χ1) is 10.3. The summed E-state index contributed by atoms with van der Waals surface area (Å²) in [6, 6.07) is 2.90. The van der Waals surface area contributed by atoms with Crippen LogP contribution in [0.5, 0.6) is 0 Å².